The first kappa shape index (κ1) is 12.0. The normalized spacial score (nSPS) is 32.9. The van der Waals surface area contributed by atoms with Gasteiger partial charge >= 0.3 is 5.69 Å². The number of aromatic amines is 1. The molecule has 0 saturated carbocycles. The summed E-state index contributed by atoms with van der Waals surface area (Å²) in [6.45, 7) is -0.520. The highest BCUT2D eigenvalue weighted by molar-refractivity contribution is 4.93. The van der Waals surface area contributed by atoms with Crippen molar-refractivity contribution >= 4 is 0 Å². The van der Waals surface area contributed by atoms with Crippen molar-refractivity contribution in [3.63, 3.8) is 0 Å². The van der Waals surface area contributed by atoms with E-state index in [1.807, 2.05) is 0 Å². The van der Waals surface area contributed by atoms with Crippen LogP contribution in [0.3, 0.4) is 0 Å². The van der Waals surface area contributed by atoms with Gasteiger partial charge in [-0.2, -0.15) is 0 Å². The summed E-state index contributed by atoms with van der Waals surface area (Å²) in [4.78, 5) is 25.2. The van der Waals surface area contributed by atoms with Crippen LogP contribution in [0, 0.1) is 0 Å². The van der Waals surface area contributed by atoms with Gasteiger partial charge in [-0.1, -0.05) is 0 Å². The molecule has 1 unspecified atom stereocenters. The van der Waals surface area contributed by atoms with Crippen molar-refractivity contribution in [1.82, 2.24) is 9.55 Å². The first-order chi connectivity index (χ1) is 8.06. The van der Waals surface area contributed by atoms with Crippen LogP contribution in [0.15, 0.2) is 21.9 Å². The third-order valence-electron chi connectivity index (χ3n) is 2.66. The molecule has 0 radical (unpaired) electrons. The van der Waals surface area contributed by atoms with Crippen molar-refractivity contribution in [2.75, 3.05) is 6.61 Å². The largest absolute Gasteiger partial charge is 0.394 e. The van der Waals surface area contributed by atoms with Gasteiger partial charge in [0.2, 0.25) is 0 Å². The van der Waals surface area contributed by atoms with E-state index < -0.39 is 42.4 Å². The molecular weight excluding hydrogens is 232 g/mol. The molecule has 2 rings (SSSR count). The lowest BCUT2D eigenvalue weighted by atomic mass is 10.1. The van der Waals surface area contributed by atoms with Gasteiger partial charge in [-0.15, -0.1) is 0 Å². The summed E-state index contributed by atoms with van der Waals surface area (Å²) in [5.74, 6) is 0. The maximum Gasteiger partial charge on any atom is 0.330 e. The van der Waals surface area contributed by atoms with Gasteiger partial charge in [-0.25, -0.2) is 9.36 Å². The second-order valence-corrected chi connectivity index (χ2v) is 3.72. The monoisotopic (exact) mass is 244 g/mol. The Morgan fingerprint density at radius 3 is 2.59 bits per heavy atom. The summed E-state index contributed by atoms with van der Waals surface area (Å²) in [6.07, 6.45) is -3.96. The van der Waals surface area contributed by atoms with Gasteiger partial charge in [0.15, 0.2) is 6.23 Å². The number of H-pyrrole nitrogens is 1. The third-order valence-corrected chi connectivity index (χ3v) is 2.66. The lowest BCUT2D eigenvalue weighted by Crippen LogP contribution is -2.42. The molecule has 0 bridgehead atoms. The molecule has 1 aromatic rings. The van der Waals surface area contributed by atoms with E-state index in [4.69, 9.17) is 9.84 Å². The van der Waals surface area contributed by atoms with E-state index in [2.05, 4.69) is 4.98 Å². The molecule has 0 aliphatic carbocycles. The number of nitrogens with zero attached hydrogens (tertiary/aromatic N) is 1. The average Bonchev–Trinajstić information content (AvgIpc) is 2.57. The van der Waals surface area contributed by atoms with Crippen LogP contribution in [0.2, 0.25) is 0 Å². The zero-order valence-electron chi connectivity index (χ0n) is 8.68. The van der Waals surface area contributed by atoms with Crippen LogP contribution in [0.25, 0.3) is 0 Å². The van der Waals surface area contributed by atoms with Crippen molar-refractivity contribution in [2.24, 2.45) is 0 Å². The molecule has 1 aliphatic heterocycles. The van der Waals surface area contributed by atoms with Gasteiger partial charge in [-0.05, 0) is 0 Å². The lowest BCUT2D eigenvalue weighted by Gasteiger charge is -2.15. The lowest BCUT2D eigenvalue weighted by molar-refractivity contribution is -0.0564. The van der Waals surface area contributed by atoms with Crippen LogP contribution in [-0.4, -0.2) is 49.8 Å². The van der Waals surface area contributed by atoms with Crippen molar-refractivity contribution in [3.05, 3.63) is 33.1 Å². The van der Waals surface area contributed by atoms with E-state index in [0.29, 0.717) is 4.57 Å². The average molecular weight is 244 g/mol. The van der Waals surface area contributed by atoms with Crippen molar-refractivity contribution in [2.45, 2.75) is 24.5 Å². The molecule has 2 heterocycles. The Bertz CT molecular complexity index is 480. The third kappa shape index (κ3) is 1.91. The molecule has 0 amide bonds. The van der Waals surface area contributed by atoms with E-state index in [9.17, 15) is 19.8 Å². The first-order valence-electron chi connectivity index (χ1n) is 4.99. The smallest absolute Gasteiger partial charge is 0.330 e. The molecule has 0 aromatic carbocycles. The number of hydrogen-bond acceptors (Lipinski definition) is 6. The molecule has 1 aliphatic rings. The Hall–Kier alpha value is -1.48. The van der Waals surface area contributed by atoms with Gasteiger partial charge in [0.25, 0.3) is 5.56 Å². The Morgan fingerprint density at radius 2 is 2.06 bits per heavy atom. The van der Waals surface area contributed by atoms with Gasteiger partial charge in [0.1, 0.15) is 18.3 Å². The molecule has 4 atom stereocenters. The van der Waals surface area contributed by atoms with Crippen LogP contribution in [0.4, 0.5) is 0 Å². The Morgan fingerprint density at radius 1 is 1.35 bits per heavy atom. The van der Waals surface area contributed by atoms with Gasteiger partial charge in [0.05, 0.1) is 6.61 Å². The molecule has 1 saturated heterocycles. The van der Waals surface area contributed by atoms with Crippen molar-refractivity contribution in [1.29, 1.82) is 0 Å². The van der Waals surface area contributed by atoms with Crippen LogP contribution < -0.4 is 11.2 Å². The van der Waals surface area contributed by atoms with Gasteiger partial charge in [-0.3, -0.25) is 4.79 Å². The van der Waals surface area contributed by atoms with Gasteiger partial charge in [0, 0.05) is 12.3 Å². The topological polar surface area (TPSA) is 125 Å². The number of hydrogen-bond donors (Lipinski definition) is 4. The highest BCUT2D eigenvalue weighted by atomic mass is 16.6. The number of ether oxygens (including phenoxy) is 1. The summed E-state index contributed by atoms with van der Waals surface area (Å²) < 4.78 is 5.73. The zero-order chi connectivity index (χ0) is 12.6. The molecule has 17 heavy (non-hydrogen) atoms. The van der Waals surface area contributed by atoms with E-state index in [0.717, 1.165) is 6.07 Å². The molecule has 1 aromatic heterocycles. The number of aliphatic hydroxyl groups is 3. The fourth-order valence-corrected chi connectivity index (χ4v) is 1.77. The molecule has 0 spiro atoms. The highest BCUT2D eigenvalue weighted by Gasteiger charge is 2.44. The SMILES string of the molecule is O=c1cc[nH]c(=O)n1C1O[C@H](CO)[C@@H](O)[C@H]1O. The summed E-state index contributed by atoms with van der Waals surface area (Å²) in [5, 5.41) is 28.1. The maximum atomic E-state index is 11.5. The number of rotatable bonds is 2. The maximum absolute atomic E-state index is 11.5. The van der Waals surface area contributed by atoms with E-state index in [1.165, 1.54) is 6.20 Å². The van der Waals surface area contributed by atoms with Crippen molar-refractivity contribution < 1.29 is 20.1 Å². The molecule has 8 nitrogen and oxygen atoms in total. The standard InChI is InChI=1S/C9H12N2O6/c12-3-4-6(14)7(15)8(17-4)11-5(13)1-2-10-9(11)16/h1-2,4,6-8,12,14-15H,3H2,(H,10,16)/t4-,6-,7-,8?/m1/s1. The summed E-state index contributed by atoms with van der Waals surface area (Å²) in [5.41, 5.74) is -1.42. The molecule has 8 heteroatoms. The quantitative estimate of drug-likeness (QED) is 0.444. The first-order valence-corrected chi connectivity index (χ1v) is 4.99. The second kappa shape index (κ2) is 4.41. The van der Waals surface area contributed by atoms with E-state index in [-0.39, 0.29) is 0 Å². The minimum atomic E-state index is -1.45. The Labute approximate surface area is 94.7 Å². The minimum absolute atomic E-state index is 0.520. The Balaban J connectivity index is 2.42. The highest BCUT2D eigenvalue weighted by Crippen LogP contribution is 2.26. The second-order valence-electron chi connectivity index (χ2n) is 3.72. The predicted octanol–water partition coefficient (Wildman–Crippen LogP) is -2.85. The number of aromatic nitrogens is 2. The fraction of sp³-hybridized carbons (Fsp3) is 0.556. The fourth-order valence-electron chi connectivity index (χ4n) is 1.77. The summed E-state index contributed by atoms with van der Waals surface area (Å²) >= 11 is 0. The predicted molar refractivity (Wildman–Crippen MR) is 54.3 cm³/mol. The van der Waals surface area contributed by atoms with E-state index >= 15 is 0 Å². The number of aliphatic hydroxyl groups excluding tert-OH is 3. The molecule has 4 N–H and O–H groups in total. The number of nitrogens with one attached hydrogen (secondary N) is 1. The Kier molecular flexibility index (Phi) is 3.11. The molecule has 94 valence electrons. The molecular formula is C9H12N2O6. The van der Waals surface area contributed by atoms with Crippen LogP contribution in [0.1, 0.15) is 6.23 Å². The van der Waals surface area contributed by atoms with Crippen LogP contribution in [-0.2, 0) is 4.74 Å². The summed E-state index contributed by atoms with van der Waals surface area (Å²) in [6, 6.07) is 1.09. The van der Waals surface area contributed by atoms with Crippen LogP contribution in [0.5, 0.6) is 0 Å². The van der Waals surface area contributed by atoms with Gasteiger partial charge < -0.3 is 25.0 Å². The van der Waals surface area contributed by atoms with Crippen LogP contribution >= 0.6 is 0 Å². The van der Waals surface area contributed by atoms with E-state index in [1.54, 1.807) is 0 Å². The minimum Gasteiger partial charge on any atom is -0.394 e. The summed E-state index contributed by atoms with van der Waals surface area (Å²) in [7, 11) is 0. The zero-order valence-corrected chi connectivity index (χ0v) is 8.68. The molecule has 1 fully saturated rings. The van der Waals surface area contributed by atoms with Crippen molar-refractivity contribution in [3.8, 4) is 0 Å².